The molecule has 1 aliphatic heterocycles. The molecule has 0 saturated carbocycles. The van der Waals surface area contributed by atoms with Crippen molar-refractivity contribution in [3.05, 3.63) is 29.8 Å². The van der Waals surface area contributed by atoms with E-state index in [2.05, 4.69) is 37.4 Å². The molecule has 3 heteroatoms. The Balaban J connectivity index is 1.94. The molecule has 96 valence electrons. The number of rotatable bonds is 3. The second kappa shape index (κ2) is 5.88. The van der Waals surface area contributed by atoms with Gasteiger partial charge in [-0.15, -0.1) is 0 Å². The average molecular weight is 244 g/mol. The van der Waals surface area contributed by atoms with Crippen LogP contribution in [0.4, 0.5) is 5.69 Å². The smallest absolute Gasteiger partial charge is 0.0669 e. The van der Waals surface area contributed by atoms with Crippen molar-refractivity contribution in [3.63, 3.8) is 0 Å². The Morgan fingerprint density at radius 3 is 2.39 bits per heavy atom. The Bertz CT molecular complexity index is 411. The van der Waals surface area contributed by atoms with E-state index in [-0.39, 0.29) is 0 Å². The molecule has 0 radical (unpaired) electrons. The number of nitrogens with zero attached hydrogens (tertiary/aromatic N) is 1. The summed E-state index contributed by atoms with van der Waals surface area (Å²) in [5, 5.41) is 12.2. The van der Waals surface area contributed by atoms with Crippen LogP contribution in [0.3, 0.4) is 0 Å². The van der Waals surface area contributed by atoms with Crippen molar-refractivity contribution in [1.82, 2.24) is 0 Å². The van der Waals surface area contributed by atoms with Gasteiger partial charge in [0.2, 0.25) is 0 Å². The lowest BCUT2D eigenvalue weighted by Crippen LogP contribution is -2.36. The first-order valence-corrected chi connectivity index (χ1v) is 6.55. The number of nitriles is 1. The third-order valence-electron chi connectivity index (χ3n) is 3.31. The fraction of sp³-hybridized carbons (Fsp3) is 0.533. The largest absolute Gasteiger partial charge is 0.382 e. The number of benzene rings is 1. The maximum atomic E-state index is 8.63. The highest BCUT2D eigenvalue weighted by Crippen LogP contribution is 2.22. The van der Waals surface area contributed by atoms with Crippen LogP contribution in [0.2, 0.25) is 0 Å². The summed E-state index contributed by atoms with van der Waals surface area (Å²) in [5.74, 6) is 0. The number of ether oxygens (including phenoxy) is 1. The summed E-state index contributed by atoms with van der Waals surface area (Å²) in [5.41, 5.74) is 2.19. The van der Waals surface area contributed by atoms with Crippen molar-refractivity contribution < 1.29 is 4.74 Å². The number of anilines is 1. The van der Waals surface area contributed by atoms with E-state index in [0.717, 1.165) is 24.1 Å². The molecule has 0 amide bonds. The monoisotopic (exact) mass is 244 g/mol. The maximum absolute atomic E-state index is 8.63. The van der Waals surface area contributed by atoms with E-state index in [0.29, 0.717) is 24.7 Å². The van der Waals surface area contributed by atoms with Crippen molar-refractivity contribution in [2.24, 2.45) is 0 Å². The lowest BCUT2D eigenvalue weighted by atomic mass is 9.99. The van der Waals surface area contributed by atoms with Gasteiger partial charge < -0.3 is 10.1 Å². The van der Waals surface area contributed by atoms with Gasteiger partial charge in [-0.1, -0.05) is 12.1 Å². The number of hydrogen-bond donors (Lipinski definition) is 1. The van der Waals surface area contributed by atoms with E-state index in [1.807, 2.05) is 12.1 Å². The molecule has 2 atom stereocenters. The van der Waals surface area contributed by atoms with E-state index >= 15 is 0 Å². The van der Waals surface area contributed by atoms with Gasteiger partial charge in [-0.25, -0.2) is 0 Å². The maximum Gasteiger partial charge on any atom is 0.0669 e. The lowest BCUT2D eigenvalue weighted by Gasteiger charge is -2.33. The van der Waals surface area contributed by atoms with Gasteiger partial charge in [0.25, 0.3) is 0 Å². The Kier molecular flexibility index (Phi) is 4.22. The van der Waals surface area contributed by atoms with Gasteiger partial charge in [0.1, 0.15) is 0 Å². The Morgan fingerprint density at radius 1 is 1.22 bits per heavy atom. The second-order valence-electron chi connectivity index (χ2n) is 5.10. The van der Waals surface area contributed by atoms with Gasteiger partial charge in [-0.3, -0.25) is 0 Å². The highest BCUT2D eigenvalue weighted by atomic mass is 16.5. The van der Waals surface area contributed by atoms with E-state index in [1.165, 1.54) is 0 Å². The minimum absolute atomic E-state index is 0.323. The highest BCUT2D eigenvalue weighted by molar-refractivity contribution is 5.45. The third-order valence-corrected chi connectivity index (χ3v) is 3.31. The van der Waals surface area contributed by atoms with Gasteiger partial charge in [-0.2, -0.15) is 5.26 Å². The van der Waals surface area contributed by atoms with Crippen LogP contribution < -0.4 is 5.32 Å². The molecule has 18 heavy (non-hydrogen) atoms. The van der Waals surface area contributed by atoms with Crippen LogP contribution in [-0.2, 0) is 11.2 Å². The fourth-order valence-corrected chi connectivity index (χ4v) is 2.57. The van der Waals surface area contributed by atoms with Gasteiger partial charge in [0, 0.05) is 11.7 Å². The fourth-order valence-electron chi connectivity index (χ4n) is 2.57. The molecule has 0 aliphatic carbocycles. The van der Waals surface area contributed by atoms with E-state index in [4.69, 9.17) is 10.00 Å². The zero-order valence-electron chi connectivity index (χ0n) is 11.0. The molecule has 1 aromatic carbocycles. The quantitative estimate of drug-likeness (QED) is 0.888. The van der Waals surface area contributed by atoms with E-state index in [9.17, 15) is 0 Å². The first kappa shape index (κ1) is 12.9. The summed E-state index contributed by atoms with van der Waals surface area (Å²) in [6.45, 7) is 4.25. The molecule has 1 N–H and O–H groups in total. The zero-order chi connectivity index (χ0) is 13.0. The molecule has 0 aromatic heterocycles. The standard InChI is InChI=1S/C15H20N2O/c1-11-9-15(10-12(2)18-11)17-14-5-3-13(4-6-14)7-8-16/h3-6,11-12,15,17H,7,9-10H2,1-2H3. The first-order valence-electron chi connectivity index (χ1n) is 6.55. The minimum atomic E-state index is 0.323. The van der Waals surface area contributed by atoms with Gasteiger partial charge in [0.05, 0.1) is 24.7 Å². The van der Waals surface area contributed by atoms with Crippen LogP contribution in [0, 0.1) is 11.3 Å². The molecule has 2 unspecified atom stereocenters. The van der Waals surface area contributed by atoms with Crippen molar-refractivity contribution in [2.75, 3.05) is 5.32 Å². The number of nitrogens with one attached hydrogen (secondary N) is 1. The van der Waals surface area contributed by atoms with Crippen LogP contribution in [-0.4, -0.2) is 18.2 Å². The second-order valence-corrected chi connectivity index (χ2v) is 5.10. The molecule has 1 heterocycles. The predicted octanol–water partition coefficient (Wildman–Crippen LogP) is 3.12. The molecule has 0 bridgehead atoms. The van der Waals surface area contributed by atoms with E-state index < -0.39 is 0 Å². The molecule has 0 spiro atoms. The molecular weight excluding hydrogens is 224 g/mol. The average Bonchev–Trinajstić information content (AvgIpc) is 2.31. The summed E-state index contributed by atoms with van der Waals surface area (Å²) in [7, 11) is 0. The van der Waals surface area contributed by atoms with Crippen LogP contribution in [0.15, 0.2) is 24.3 Å². The molecule has 1 aromatic rings. The normalized spacial score (nSPS) is 27.5. The Hall–Kier alpha value is -1.53. The first-order chi connectivity index (χ1) is 8.67. The summed E-state index contributed by atoms with van der Waals surface area (Å²) in [6.07, 6.45) is 3.22. The molecule has 1 saturated heterocycles. The summed E-state index contributed by atoms with van der Waals surface area (Å²) in [4.78, 5) is 0. The van der Waals surface area contributed by atoms with Gasteiger partial charge in [0.15, 0.2) is 0 Å². The molecule has 3 nitrogen and oxygen atoms in total. The summed E-state index contributed by atoms with van der Waals surface area (Å²) < 4.78 is 5.73. The molecule has 1 aliphatic rings. The summed E-state index contributed by atoms with van der Waals surface area (Å²) in [6, 6.07) is 10.8. The zero-order valence-corrected chi connectivity index (χ0v) is 11.0. The van der Waals surface area contributed by atoms with Gasteiger partial charge >= 0.3 is 0 Å². The van der Waals surface area contributed by atoms with Crippen molar-refractivity contribution in [2.45, 2.75) is 51.4 Å². The van der Waals surface area contributed by atoms with Crippen LogP contribution in [0.1, 0.15) is 32.3 Å². The molecular formula is C15H20N2O. The summed E-state index contributed by atoms with van der Waals surface area (Å²) >= 11 is 0. The Morgan fingerprint density at radius 2 is 1.83 bits per heavy atom. The SMILES string of the molecule is CC1CC(Nc2ccc(CC#N)cc2)CC(C)O1. The highest BCUT2D eigenvalue weighted by Gasteiger charge is 2.23. The van der Waals surface area contributed by atoms with Crippen LogP contribution in [0.25, 0.3) is 0 Å². The number of hydrogen-bond acceptors (Lipinski definition) is 3. The van der Waals surface area contributed by atoms with Gasteiger partial charge in [-0.05, 0) is 44.4 Å². The minimum Gasteiger partial charge on any atom is -0.382 e. The Labute approximate surface area is 109 Å². The topological polar surface area (TPSA) is 45.0 Å². The lowest BCUT2D eigenvalue weighted by molar-refractivity contribution is -0.0337. The van der Waals surface area contributed by atoms with E-state index in [1.54, 1.807) is 0 Å². The third kappa shape index (κ3) is 3.48. The molecule has 2 rings (SSSR count). The molecule has 1 fully saturated rings. The van der Waals surface area contributed by atoms with Crippen molar-refractivity contribution >= 4 is 5.69 Å². The van der Waals surface area contributed by atoms with Crippen molar-refractivity contribution in [3.8, 4) is 6.07 Å². The van der Waals surface area contributed by atoms with Crippen molar-refractivity contribution in [1.29, 1.82) is 5.26 Å². The van der Waals surface area contributed by atoms with Crippen LogP contribution in [0.5, 0.6) is 0 Å². The van der Waals surface area contributed by atoms with Crippen LogP contribution >= 0.6 is 0 Å². The predicted molar refractivity (Wildman–Crippen MR) is 72.4 cm³/mol.